The van der Waals surface area contributed by atoms with Gasteiger partial charge in [0.15, 0.2) is 0 Å². The second kappa shape index (κ2) is 5.95. The molecule has 0 aliphatic heterocycles. The molecule has 98 valence electrons. The minimum Gasteiger partial charge on any atom is -0.347 e. The van der Waals surface area contributed by atoms with E-state index in [9.17, 15) is 9.18 Å². The monoisotopic (exact) mass is 259 g/mol. The molecule has 1 unspecified atom stereocenters. The molecule has 0 radical (unpaired) electrons. The number of nitrogens with one attached hydrogen (secondary N) is 2. The maximum absolute atomic E-state index is 12.9. The van der Waals surface area contributed by atoms with Gasteiger partial charge in [0.25, 0.3) is 0 Å². The first kappa shape index (κ1) is 13.0. The molecule has 2 N–H and O–H groups in total. The number of benzene rings is 1. The highest BCUT2D eigenvalue weighted by molar-refractivity contribution is 5.91. The molecule has 0 fully saturated rings. The maximum Gasteiger partial charge on any atom is 0.244 e. The predicted octanol–water partition coefficient (Wildman–Crippen LogP) is 2.44. The van der Waals surface area contributed by atoms with Crippen molar-refractivity contribution in [1.82, 2.24) is 15.3 Å². The van der Waals surface area contributed by atoms with Crippen molar-refractivity contribution in [2.45, 2.75) is 13.0 Å². The van der Waals surface area contributed by atoms with Gasteiger partial charge in [-0.1, -0.05) is 12.1 Å². The van der Waals surface area contributed by atoms with Crippen molar-refractivity contribution in [2.24, 2.45) is 0 Å². The van der Waals surface area contributed by atoms with Crippen LogP contribution in [0.3, 0.4) is 0 Å². The number of hydrogen-bond acceptors (Lipinski definition) is 2. The van der Waals surface area contributed by atoms with Gasteiger partial charge in [0.2, 0.25) is 5.91 Å². The smallest absolute Gasteiger partial charge is 0.244 e. The van der Waals surface area contributed by atoms with Crippen LogP contribution in [0.15, 0.2) is 42.7 Å². The highest BCUT2D eigenvalue weighted by Crippen LogP contribution is 2.07. The van der Waals surface area contributed by atoms with E-state index in [1.54, 1.807) is 30.6 Å². The first-order chi connectivity index (χ1) is 9.15. The number of nitrogens with zero attached hydrogens (tertiary/aromatic N) is 1. The van der Waals surface area contributed by atoms with Gasteiger partial charge < -0.3 is 10.3 Å². The minimum absolute atomic E-state index is 0.209. The highest BCUT2D eigenvalue weighted by atomic mass is 19.1. The van der Waals surface area contributed by atoms with Crippen LogP contribution in [0.5, 0.6) is 0 Å². The number of H-pyrrole nitrogens is 1. The van der Waals surface area contributed by atoms with E-state index in [1.807, 2.05) is 6.92 Å². The van der Waals surface area contributed by atoms with Gasteiger partial charge in [-0.2, -0.15) is 0 Å². The molecule has 1 atom stereocenters. The fourth-order valence-corrected chi connectivity index (χ4v) is 1.63. The third kappa shape index (κ3) is 3.77. The number of carbonyl (C=O) groups excluding carboxylic acids is 1. The molecule has 2 aromatic rings. The Morgan fingerprint density at radius 2 is 2.37 bits per heavy atom. The Balaban J connectivity index is 1.94. The first-order valence-corrected chi connectivity index (χ1v) is 5.88. The van der Waals surface area contributed by atoms with E-state index in [-0.39, 0.29) is 17.8 Å². The molecule has 5 heteroatoms. The van der Waals surface area contributed by atoms with Gasteiger partial charge in [0, 0.05) is 18.5 Å². The number of rotatable bonds is 4. The Kier molecular flexibility index (Phi) is 4.07. The number of aromatic nitrogens is 2. The van der Waals surface area contributed by atoms with Gasteiger partial charge >= 0.3 is 0 Å². The van der Waals surface area contributed by atoms with Crippen LogP contribution in [-0.4, -0.2) is 15.9 Å². The van der Waals surface area contributed by atoms with Crippen molar-refractivity contribution in [3.05, 3.63) is 59.9 Å². The summed E-state index contributed by atoms with van der Waals surface area (Å²) >= 11 is 0. The van der Waals surface area contributed by atoms with Crippen molar-refractivity contribution < 1.29 is 9.18 Å². The summed E-state index contributed by atoms with van der Waals surface area (Å²) in [6, 6.07) is 5.83. The van der Waals surface area contributed by atoms with Crippen LogP contribution < -0.4 is 5.32 Å². The number of carbonyl (C=O) groups is 1. The molecule has 19 heavy (non-hydrogen) atoms. The number of amides is 1. The van der Waals surface area contributed by atoms with Crippen LogP contribution in [-0.2, 0) is 4.79 Å². The van der Waals surface area contributed by atoms with Crippen LogP contribution in [0.1, 0.15) is 24.4 Å². The maximum atomic E-state index is 12.9. The van der Waals surface area contributed by atoms with Crippen LogP contribution in [0, 0.1) is 5.82 Å². The van der Waals surface area contributed by atoms with Gasteiger partial charge in [-0.15, -0.1) is 0 Å². The Labute approximate surface area is 110 Å². The second-order valence-corrected chi connectivity index (χ2v) is 4.09. The number of halogens is 1. The molecule has 0 aliphatic carbocycles. The molecule has 0 aliphatic rings. The van der Waals surface area contributed by atoms with E-state index in [1.165, 1.54) is 18.2 Å². The van der Waals surface area contributed by atoms with E-state index < -0.39 is 0 Å². The zero-order chi connectivity index (χ0) is 13.7. The molecule has 1 heterocycles. The van der Waals surface area contributed by atoms with E-state index in [4.69, 9.17) is 0 Å². The summed E-state index contributed by atoms with van der Waals surface area (Å²) in [7, 11) is 0. The molecule has 0 saturated heterocycles. The lowest BCUT2D eigenvalue weighted by molar-refractivity contribution is -0.117. The Morgan fingerprint density at radius 3 is 3.05 bits per heavy atom. The van der Waals surface area contributed by atoms with Crippen LogP contribution in [0.4, 0.5) is 4.39 Å². The zero-order valence-corrected chi connectivity index (χ0v) is 10.4. The van der Waals surface area contributed by atoms with Crippen LogP contribution >= 0.6 is 0 Å². The van der Waals surface area contributed by atoms with Gasteiger partial charge in [-0.25, -0.2) is 9.37 Å². The normalized spacial score (nSPS) is 12.5. The lowest BCUT2D eigenvalue weighted by atomic mass is 10.2. The molecule has 2 rings (SSSR count). The number of hydrogen-bond donors (Lipinski definition) is 2. The largest absolute Gasteiger partial charge is 0.347 e. The summed E-state index contributed by atoms with van der Waals surface area (Å²) in [6.45, 7) is 1.83. The predicted molar refractivity (Wildman–Crippen MR) is 70.6 cm³/mol. The lowest BCUT2D eigenvalue weighted by Gasteiger charge is -2.08. The van der Waals surface area contributed by atoms with Gasteiger partial charge in [0.05, 0.1) is 6.04 Å². The van der Waals surface area contributed by atoms with Crippen LogP contribution in [0.25, 0.3) is 6.08 Å². The summed E-state index contributed by atoms with van der Waals surface area (Å²) in [5, 5.41) is 2.75. The second-order valence-electron chi connectivity index (χ2n) is 4.09. The van der Waals surface area contributed by atoms with Gasteiger partial charge in [0.1, 0.15) is 11.6 Å². The number of aromatic amines is 1. The van der Waals surface area contributed by atoms with E-state index in [0.717, 1.165) is 0 Å². The quantitative estimate of drug-likeness (QED) is 0.828. The van der Waals surface area contributed by atoms with Crippen molar-refractivity contribution in [2.75, 3.05) is 0 Å². The molecule has 0 saturated carbocycles. The first-order valence-electron chi connectivity index (χ1n) is 5.88. The molecular weight excluding hydrogens is 245 g/mol. The fraction of sp³-hybridized carbons (Fsp3) is 0.143. The highest BCUT2D eigenvalue weighted by Gasteiger charge is 2.08. The average Bonchev–Trinajstić information content (AvgIpc) is 2.90. The summed E-state index contributed by atoms with van der Waals surface area (Å²) in [5.41, 5.74) is 0.640. The van der Waals surface area contributed by atoms with Crippen LogP contribution in [0.2, 0.25) is 0 Å². The molecule has 1 aromatic carbocycles. The molecule has 0 bridgehead atoms. The molecular formula is C14H14FN3O. The van der Waals surface area contributed by atoms with Crippen molar-refractivity contribution in [3.63, 3.8) is 0 Å². The minimum atomic E-state index is -0.327. The van der Waals surface area contributed by atoms with Gasteiger partial charge in [-0.3, -0.25) is 4.79 Å². The molecule has 1 aromatic heterocycles. The third-order valence-corrected chi connectivity index (χ3v) is 2.56. The molecule has 0 spiro atoms. The Hall–Kier alpha value is -2.43. The Bertz CT molecular complexity index is 578. The summed E-state index contributed by atoms with van der Waals surface area (Å²) in [5.74, 6) is 0.104. The fourth-order valence-electron chi connectivity index (χ4n) is 1.63. The Morgan fingerprint density at radius 1 is 1.53 bits per heavy atom. The third-order valence-electron chi connectivity index (χ3n) is 2.56. The lowest BCUT2D eigenvalue weighted by Crippen LogP contribution is -2.25. The summed E-state index contributed by atoms with van der Waals surface area (Å²) in [4.78, 5) is 18.7. The summed E-state index contributed by atoms with van der Waals surface area (Å²) in [6.07, 6.45) is 6.25. The summed E-state index contributed by atoms with van der Waals surface area (Å²) < 4.78 is 12.9. The van der Waals surface area contributed by atoms with E-state index in [0.29, 0.717) is 11.4 Å². The van der Waals surface area contributed by atoms with Crippen molar-refractivity contribution >= 4 is 12.0 Å². The van der Waals surface area contributed by atoms with E-state index in [2.05, 4.69) is 15.3 Å². The zero-order valence-electron chi connectivity index (χ0n) is 10.4. The van der Waals surface area contributed by atoms with Crippen molar-refractivity contribution in [3.8, 4) is 0 Å². The van der Waals surface area contributed by atoms with E-state index >= 15 is 0 Å². The van der Waals surface area contributed by atoms with Gasteiger partial charge in [-0.05, 0) is 30.7 Å². The van der Waals surface area contributed by atoms with Crippen molar-refractivity contribution in [1.29, 1.82) is 0 Å². The average molecular weight is 259 g/mol. The molecule has 4 nitrogen and oxygen atoms in total. The SMILES string of the molecule is CC(NC(=O)/C=C/c1cccc(F)c1)c1ncc[nH]1. The standard InChI is InChI=1S/C14H14FN3O/c1-10(14-16-7-8-17-14)18-13(19)6-5-11-3-2-4-12(15)9-11/h2-10H,1H3,(H,16,17)(H,18,19)/b6-5+. The number of imidazole rings is 1. The topological polar surface area (TPSA) is 57.8 Å². The molecule has 1 amide bonds.